The van der Waals surface area contributed by atoms with Crippen LogP contribution in [0, 0.1) is 28.1 Å². The molecule has 2 rings (SSSR count). The molecular formula is C27H50O3. The van der Waals surface area contributed by atoms with Crippen LogP contribution >= 0.6 is 0 Å². The fraction of sp³-hybridized carbons (Fsp3) is 0.963. The Kier molecular flexibility index (Phi) is 9.28. The van der Waals surface area contributed by atoms with Crippen LogP contribution in [0.2, 0.25) is 0 Å². The second kappa shape index (κ2) is 10.8. The lowest BCUT2D eigenvalue weighted by Crippen LogP contribution is -2.46. The SMILES string of the molecule is CC(C)(C)CC(C)(C(=O)OC(OCCC1CCCCC1)C1CCCCC1)C(C)(C)C. The summed E-state index contributed by atoms with van der Waals surface area (Å²) in [6.45, 7) is 16.0. The van der Waals surface area contributed by atoms with Crippen LogP contribution in [-0.4, -0.2) is 18.9 Å². The molecule has 176 valence electrons. The lowest BCUT2D eigenvalue weighted by molar-refractivity contribution is -0.211. The molecule has 0 heterocycles. The Hall–Kier alpha value is -0.570. The van der Waals surface area contributed by atoms with E-state index in [0.717, 1.165) is 38.2 Å². The molecule has 0 aromatic heterocycles. The molecule has 2 atom stereocenters. The van der Waals surface area contributed by atoms with Gasteiger partial charge in [-0.1, -0.05) is 92.9 Å². The van der Waals surface area contributed by atoms with Crippen LogP contribution in [0.1, 0.15) is 126 Å². The number of ether oxygens (including phenoxy) is 2. The maximum atomic E-state index is 13.6. The first-order valence-electron chi connectivity index (χ1n) is 12.8. The third-order valence-electron chi connectivity index (χ3n) is 7.78. The second-order valence-electron chi connectivity index (χ2n) is 12.7. The molecular weight excluding hydrogens is 372 g/mol. The van der Waals surface area contributed by atoms with Gasteiger partial charge < -0.3 is 9.47 Å². The molecule has 2 aliphatic carbocycles. The van der Waals surface area contributed by atoms with Crippen molar-refractivity contribution < 1.29 is 14.3 Å². The molecule has 2 saturated carbocycles. The Morgan fingerprint density at radius 2 is 1.37 bits per heavy atom. The predicted octanol–water partition coefficient (Wildman–Crippen LogP) is 7.91. The van der Waals surface area contributed by atoms with Crippen molar-refractivity contribution in [3.05, 3.63) is 0 Å². The van der Waals surface area contributed by atoms with Crippen LogP contribution in [0.25, 0.3) is 0 Å². The quantitative estimate of drug-likeness (QED) is 0.294. The highest BCUT2D eigenvalue weighted by Crippen LogP contribution is 2.48. The normalized spacial score (nSPS) is 23.0. The summed E-state index contributed by atoms with van der Waals surface area (Å²) in [5.74, 6) is 1.08. The molecule has 2 fully saturated rings. The van der Waals surface area contributed by atoms with E-state index in [-0.39, 0.29) is 23.1 Å². The van der Waals surface area contributed by atoms with Gasteiger partial charge in [0.25, 0.3) is 0 Å². The predicted molar refractivity (Wildman–Crippen MR) is 125 cm³/mol. The molecule has 0 aliphatic heterocycles. The zero-order valence-corrected chi connectivity index (χ0v) is 21.1. The van der Waals surface area contributed by atoms with Gasteiger partial charge in [-0.15, -0.1) is 0 Å². The average molecular weight is 423 g/mol. The van der Waals surface area contributed by atoms with E-state index in [2.05, 4.69) is 48.5 Å². The number of rotatable bonds is 8. The van der Waals surface area contributed by atoms with E-state index in [0.29, 0.717) is 5.92 Å². The number of esters is 1. The Morgan fingerprint density at radius 1 is 0.833 bits per heavy atom. The van der Waals surface area contributed by atoms with Crippen molar-refractivity contribution in [2.75, 3.05) is 6.61 Å². The number of hydrogen-bond donors (Lipinski definition) is 0. The Labute approximate surface area is 187 Å². The minimum Gasteiger partial charge on any atom is -0.435 e. The highest BCUT2D eigenvalue weighted by Gasteiger charge is 2.49. The summed E-state index contributed by atoms with van der Waals surface area (Å²) in [5.41, 5.74) is -0.648. The standard InChI is InChI=1S/C27H50O3/c1-25(2,3)20-27(7,26(4,5)6)24(28)30-23(22-16-12-9-13-17-22)29-19-18-21-14-10-8-11-15-21/h21-23H,8-20H2,1-7H3. The fourth-order valence-electron chi connectivity index (χ4n) is 5.44. The van der Waals surface area contributed by atoms with Crippen LogP contribution in [0.4, 0.5) is 0 Å². The van der Waals surface area contributed by atoms with Gasteiger partial charge in [0.15, 0.2) is 0 Å². The van der Waals surface area contributed by atoms with Gasteiger partial charge >= 0.3 is 5.97 Å². The zero-order valence-electron chi connectivity index (χ0n) is 21.1. The van der Waals surface area contributed by atoms with Crippen LogP contribution in [0.3, 0.4) is 0 Å². The molecule has 0 amide bonds. The third-order valence-corrected chi connectivity index (χ3v) is 7.78. The summed E-state index contributed by atoms with van der Waals surface area (Å²) in [5, 5.41) is 0. The molecule has 0 spiro atoms. The van der Waals surface area contributed by atoms with Crippen molar-refractivity contribution in [3.63, 3.8) is 0 Å². The first-order chi connectivity index (χ1) is 13.9. The molecule has 0 saturated heterocycles. The lowest BCUT2D eigenvalue weighted by atomic mass is 9.61. The molecule has 3 nitrogen and oxygen atoms in total. The van der Waals surface area contributed by atoms with Crippen molar-refractivity contribution in [3.8, 4) is 0 Å². The first kappa shape index (κ1) is 25.7. The number of carbonyl (C=O) groups is 1. The molecule has 0 aromatic rings. The highest BCUT2D eigenvalue weighted by molar-refractivity contribution is 5.77. The maximum absolute atomic E-state index is 13.6. The summed E-state index contributed by atoms with van der Waals surface area (Å²) in [6, 6.07) is 0. The third kappa shape index (κ3) is 7.53. The van der Waals surface area contributed by atoms with Gasteiger partial charge in [0, 0.05) is 5.92 Å². The van der Waals surface area contributed by atoms with Gasteiger partial charge in [0.1, 0.15) is 0 Å². The van der Waals surface area contributed by atoms with Gasteiger partial charge in [0.2, 0.25) is 6.29 Å². The maximum Gasteiger partial charge on any atom is 0.314 e. The van der Waals surface area contributed by atoms with Crippen LogP contribution in [0.15, 0.2) is 0 Å². The monoisotopic (exact) mass is 422 g/mol. The number of hydrogen-bond acceptors (Lipinski definition) is 3. The molecule has 0 N–H and O–H groups in total. The topological polar surface area (TPSA) is 35.5 Å². The molecule has 2 aliphatic rings. The van der Waals surface area contributed by atoms with Crippen LogP contribution < -0.4 is 0 Å². The Morgan fingerprint density at radius 3 is 1.87 bits per heavy atom. The van der Waals surface area contributed by atoms with E-state index >= 15 is 0 Å². The van der Waals surface area contributed by atoms with Crippen molar-refractivity contribution in [1.29, 1.82) is 0 Å². The van der Waals surface area contributed by atoms with Gasteiger partial charge in [-0.25, -0.2) is 0 Å². The van der Waals surface area contributed by atoms with E-state index in [9.17, 15) is 4.79 Å². The molecule has 0 radical (unpaired) electrons. The van der Waals surface area contributed by atoms with Crippen LogP contribution in [0.5, 0.6) is 0 Å². The van der Waals surface area contributed by atoms with Gasteiger partial charge in [-0.3, -0.25) is 4.79 Å². The molecule has 30 heavy (non-hydrogen) atoms. The number of carbonyl (C=O) groups excluding carboxylic acids is 1. The Bertz CT molecular complexity index is 515. The van der Waals surface area contributed by atoms with E-state index in [1.54, 1.807) is 0 Å². The van der Waals surface area contributed by atoms with Crippen LogP contribution in [-0.2, 0) is 14.3 Å². The molecule has 0 aromatic carbocycles. The summed E-state index contributed by atoms with van der Waals surface area (Å²) in [6.07, 6.45) is 14.3. The van der Waals surface area contributed by atoms with Crippen molar-refractivity contribution in [2.24, 2.45) is 28.1 Å². The average Bonchev–Trinajstić information content (AvgIpc) is 2.66. The summed E-state index contributed by atoms with van der Waals surface area (Å²) in [4.78, 5) is 13.6. The first-order valence-corrected chi connectivity index (χ1v) is 12.8. The van der Waals surface area contributed by atoms with E-state index in [1.807, 2.05) is 0 Å². The van der Waals surface area contributed by atoms with E-state index in [4.69, 9.17) is 9.47 Å². The zero-order chi connectivity index (χ0) is 22.4. The summed E-state index contributed by atoms with van der Waals surface area (Å²) >= 11 is 0. The van der Waals surface area contributed by atoms with E-state index in [1.165, 1.54) is 51.4 Å². The van der Waals surface area contributed by atoms with Gasteiger partial charge in [0.05, 0.1) is 12.0 Å². The van der Waals surface area contributed by atoms with Crippen molar-refractivity contribution in [1.82, 2.24) is 0 Å². The lowest BCUT2D eigenvalue weighted by Gasteiger charge is -2.44. The molecule has 2 unspecified atom stereocenters. The fourth-order valence-corrected chi connectivity index (χ4v) is 5.44. The van der Waals surface area contributed by atoms with Gasteiger partial charge in [-0.2, -0.15) is 0 Å². The summed E-state index contributed by atoms with van der Waals surface area (Å²) in [7, 11) is 0. The molecule has 0 bridgehead atoms. The van der Waals surface area contributed by atoms with E-state index < -0.39 is 5.41 Å². The minimum atomic E-state index is -0.537. The van der Waals surface area contributed by atoms with Crippen molar-refractivity contribution in [2.45, 2.75) is 132 Å². The molecule has 3 heteroatoms. The van der Waals surface area contributed by atoms with Gasteiger partial charge in [-0.05, 0) is 49.4 Å². The Balaban J connectivity index is 2.06. The van der Waals surface area contributed by atoms with Crippen molar-refractivity contribution >= 4 is 5.97 Å². The summed E-state index contributed by atoms with van der Waals surface area (Å²) < 4.78 is 12.6. The second-order valence-corrected chi connectivity index (χ2v) is 12.7. The smallest absolute Gasteiger partial charge is 0.314 e. The highest BCUT2D eigenvalue weighted by atomic mass is 16.7. The minimum absolute atomic E-state index is 0.0588. The largest absolute Gasteiger partial charge is 0.435 e.